The van der Waals surface area contributed by atoms with Crippen LogP contribution in [0, 0.1) is 11.8 Å². The number of carbonyl (C=O) groups excluding carboxylic acids is 1. The maximum absolute atomic E-state index is 12.0. The minimum atomic E-state index is -0.148. The van der Waals surface area contributed by atoms with Gasteiger partial charge in [-0.2, -0.15) is 0 Å². The highest BCUT2D eigenvalue weighted by Crippen LogP contribution is 2.26. The number of hydrogen-bond acceptors (Lipinski definition) is 3. The molecule has 2 atom stereocenters. The molecule has 0 radical (unpaired) electrons. The van der Waals surface area contributed by atoms with Gasteiger partial charge in [-0.05, 0) is 30.5 Å². The molecule has 1 fully saturated rings. The third-order valence-electron chi connectivity index (χ3n) is 3.55. The van der Waals surface area contributed by atoms with Crippen molar-refractivity contribution in [2.24, 2.45) is 11.8 Å². The van der Waals surface area contributed by atoms with E-state index >= 15 is 0 Å². The highest BCUT2D eigenvalue weighted by molar-refractivity contribution is 5.94. The Morgan fingerprint density at radius 2 is 2.32 bits per heavy atom. The number of phenols is 1. The number of hydrogen-bond donors (Lipinski definition) is 2. The molecule has 1 aromatic rings. The van der Waals surface area contributed by atoms with Crippen molar-refractivity contribution in [1.29, 1.82) is 0 Å². The number of aromatic hydroxyl groups is 1. The average Bonchev–Trinajstić information content (AvgIpc) is 2.84. The molecule has 2 N–H and O–H groups in total. The van der Waals surface area contributed by atoms with E-state index in [0.717, 1.165) is 13.0 Å². The molecule has 2 rings (SSSR count). The maximum Gasteiger partial charge on any atom is 0.251 e. The Hall–Kier alpha value is -1.55. The molecule has 1 saturated heterocycles. The van der Waals surface area contributed by atoms with Crippen LogP contribution in [0.3, 0.4) is 0 Å². The van der Waals surface area contributed by atoms with Crippen LogP contribution in [0.2, 0.25) is 0 Å². The van der Waals surface area contributed by atoms with Crippen molar-refractivity contribution >= 4 is 5.91 Å². The predicted molar refractivity (Wildman–Crippen MR) is 73.1 cm³/mol. The van der Waals surface area contributed by atoms with E-state index < -0.39 is 0 Å². The predicted octanol–water partition coefficient (Wildman–Crippen LogP) is 2.18. The Balaban J connectivity index is 1.90. The second kappa shape index (κ2) is 6.06. The minimum absolute atomic E-state index is 0.108. The molecule has 0 bridgehead atoms. The van der Waals surface area contributed by atoms with E-state index in [1.807, 2.05) is 0 Å². The summed E-state index contributed by atoms with van der Waals surface area (Å²) in [7, 11) is 0. The smallest absolute Gasteiger partial charge is 0.251 e. The van der Waals surface area contributed by atoms with Gasteiger partial charge in [-0.1, -0.05) is 19.9 Å². The topological polar surface area (TPSA) is 58.6 Å². The molecular weight excluding hydrogens is 242 g/mol. The van der Waals surface area contributed by atoms with Crippen LogP contribution in [0.15, 0.2) is 24.3 Å². The summed E-state index contributed by atoms with van der Waals surface area (Å²) >= 11 is 0. The van der Waals surface area contributed by atoms with Crippen molar-refractivity contribution in [3.05, 3.63) is 29.8 Å². The Kier molecular flexibility index (Phi) is 4.43. The lowest BCUT2D eigenvalue weighted by molar-refractivity contribution is 0.0533. The minimum Gasteiger partial charge on any atom is -0.508 e. The standard InChI is InChI=1S/C15H21NO3/c1-10(2)14-12(6-7-19-14)9-16-15(18)11-4-3-5-13(17)8-11/h3-5,8,10,12,14,17H,6-7,9H2,1-2H3,(H,16,18). The number of phenolic OH excluding ortho intramolecular Hbond substituents is 1. The Morgan fingerprint density at radius 1 is 1.53 bits per heavy atom. The lowest BCUT2D eigenvalue weighted by Crippen LogP contribution is -2.34. The van der Waals surface area contributed by atoms with E-state index in [2.05, 4.69) is 19.2 Å². The SMILES string of the molecule is CC(C)C1OCCC1CNC(=O)c1cccc(O)c1. The molecule has 1 aromatic carbocycles. The van der Waals surface area contributed by atoms with Gasteiger partial charge in [0.05, 0.1) is 6.10 Å². The molecule has 0 aromatic heterocycles. The number of ether oxygens (including phenoxy) is 1. The van der Waals surface area contributed by atoms with Crippen LogP contribution < -0.4 is 5.32 Å². The normalized spacial score (nSPS) is 22.7. The summed E-state index contributed by atoms with van der Waals surface area (Å²) in [5.74, 6) is 0.800. The fraction of sp³-hybridized carbons (Fsp3) is 0.533. The van der Waals surface area contributed by atoms with E-state index in [0.29, 0.717) is 23.9 Å². The van der Waals surface area contributed by atoms with Crippen LogP contribution in [0.5, 0.6) is 5.75 Å². The van der Waals surface area contributed by atoms with E-state index in [1.54, 1.807) is 18.2 Å². The second-order valence-electron chi connectivity index (χ2n) is 5.39. The highest BCUT2D eigenvalue weighted by atomic mass is 16.5. The van der Waals surface area contributed by atoms with Gasteiger partial charge in [0.1, 0.15) is 5.75 Å². The van der Waals surface area contributed by atoms with Gasteiger partial charge in [-0.3, -0.25) is 4.79 Å². The third-order valence-corrected chi connectivity index (χ3v) is 3.55. The van der Waals surface area contributed by atoms with Crippen LogP contribution in [0.4, 0.5) is 0 Å². The zero-order chi connectivity index (χ0) is 13.8. The van der Waals surface area contributed by atoms with Gasteiger partial charge < -0.3 is 15.2 Å². The lowest BCUT2D eigenvalue weighted by atomic mass is 9.93. The van der Waals surface area contributed by atoms with Crippen molar-refractivity contribution in [1.82, 2.24) is 5.32 Å². The van der Waals surface area contributed by atoms with Crippen molar-refractivity contribution in [2.75, 3.05) is 13.2 Å². The number of carbonyl (C=O) groups is 1. The molecule has 0 aliphatic carbocycles. The van der Waals surface area contributed by atoms with Crippen molar-refractivity contribution in [3.8, 4) is 5.75 Å². The van der Waals surface area contributed by atoms with E-state index in [4.69, 9.17) is 4.74 Å². The number of benzene rings is 1. The van der Waals surface area contributed by atoms with Gasteiger partial charge in [0.15, 0.2) is 0 Å². The average molecular weight is 263 g/mol. The lowest BCUT2D eigenvalue weighted by Gasteiger charge is -2.22. The molecule has 4 nitrogen and oxygen atoms in total. The van der Waals surface area contributed by atoms with Gasteiger partial charge >= 0.3 is 0 Å². The van der Waals surface area contributed by atoms with Gasteiger partial charge in [0.2, 0.25) is 0 Å². The summed E-state index contributed by atoms with van der Waals surface area (Å²) < 4.78 is 5.69. The largest absolute Gasteiger partial charge is 0.508 e. The van der Waals surface area contributed by atoms with Gasteiger partial charge in [0.25, 0.3) is 5.91 Å². The molecule has 1 aliphatic heterocycles. The summed E-state index contributed by atoms with van der Waals surface area (Å²) in [6.07, 6.45) is 1.22. The third kappa shape index (κ3) is 3.47. The van der Waals surface area contributed by atoms with Gasteiger partial charge in [-0.15, -0.1) is 0 Å². The first-order valence-corrected chi connectivity index (χ1v) is 6.76. The second-order valence-corrected chi connectivity index (χ2v) is 5.39. The van der Waals surface area contributed by atoms with Crippen LogP contribution in [0.1, 0.15) is 30.6 Å². The number of amides is 1. The highest BCUT2D eigenvalue weighted by Gasteiger charge is 2.30. The van der Waals surface area contributed by atoms with Gasteiger partial charge in [0, 0.05) is 24.6 Å². The van der Waals surface area contributed by atoms with E-state index in [-0.39, 0.29) is 17.8 Å². The van der Waals surface area contributed by atoms with Crippen LogP contribution in [-0.4, -0.2) is 30.3 Å². The first kappa shape index (κ1) is 13.9. The first-order chi connectivity index (χ1) is 9.08. The summed E-state index contributed by atoms with van der Waals surface area (Å²) in [6, 6.07) is 6.39. The number of rotatable bonds is 4. The quantitative estimate of drug-likeness (QED) is 0.875. The molecular formula is C15H21NO3. The summed E-state index contributed by atoms with van der Waals surface area (Å²) in [4.78, 5) is 12.0. The molecule has 4 heteroatoms. The van der Waals surface area contributed by atoms with Crippen LogP contribution >= 0.6 is 0 Å². The molecule has 1 heterocycles. The monoisotopic (exact) mass is 263 g/mol. The molecule has 1 amide bonds. The van der Waals surface area contributed by atoms with Crippen molar-refractivity contribution in [3.63, 3.8) is 0 Å². The summed E-state index contributed by atoms with van der Waals surface area (Å²) in [5.41, 5.74) is 0.486. The van der Waals surface area contributed by atoms with Crippen molar-refractivity contribution in [2.45, 2.75) is 26.4 Å². The van der Waals surface area contributed by atoms with Crippen molar-refractivity contribution < 1.29 is 14.6 Å². The van der Waals surface area contributed by atoms with E-state index in [1.165, 1.54) is 6.07 Å². The maximum atomic E-state index is 12.0. The zero-order valence-corrected chi connectivity index (χ0v) is 11.4. The molecule has 104 valence electrons. The summed E-state index contributed by atoms with van der Waals surface area (Å²) in [5, 5.41) is 12.3. The molecule has 1 aliphatic rings. The molecule has 0 spiro atoms. The zero-order valence-electron chi connectivity index (χ0n) is 11.4. The van der Waals surface area contributed by atoms with Gasteiger partial charge in [-0.25, -0.2) is 0 Å². The first-order valence-electron chi connectivity index (χ1n) is 6.76. The van der Waals surface area contributed by atoms with Crippen LogP contribution in [0.25, 0.3) is 0 Å². The Bertz CT molecular complexity index is 445. The van der Waals surface area contributed by atoms with Crippen LogP contribution in [-0.2, 0) is 4.74 Å². The van der Waals surface area contributed by atoms with E-state index in [9.17, 15) is 9.90 Å². The Morgan fingerprint density at radius 3 is 3.00 bits per heavy atom. The molecule has 0 saturated carbocycles. The number of nitrogens with one attached hydrogen (secondary N) is 1. The fourth-order valence-corrected chi connectivity index (χ4v) is 2.58. The molecule has 2 unspecified atom stereocenters. The molecule has 19 heavy (non-hydrogen) atoms. The Labute approximate surface area is 113 Å². The fourth-order valence-electron chi connectivity index (χ4n) is 2.58. The summed E-state index contributed by atoms with van der Waals surface area (Å²) in [6.45, 7) is 5.67.